The lowest BCUT2D eigenvalue weighted by Crippen LogP contribution is -2.39. The molecule has 3 heterocycles. The quantitative estimate of drug-likeness (QED) is 0.861. The SMILES string of the molecule is COc1ccccc1C[C@@H]1[C@H]2C[C@H]2CN1c1cc(N2CCOCC2)cc(=O)[nH]1. The lowest BCUT2D eigenvalue weighted by atomic mass is 10.0. The van der Waals surface area contributed by atoms with Crippen LogP contribution >= 0.6 is 0 Å². The molecule has 1 aromatic carbocycles. The van der Waals surface area contributed by atoms with Crippen molar-refractivity contribution in [2.75, 3.05) is 49.8 Å². The first-order chi connectivity index (χ1) is 13.7. The second kappa shape index (κ2) is 7.17. The lowest BCUT2D eigenvalue weighted by molar-refractivity contribution is 0.122. The van der Waals surface area contributed by atoms with Crippen molar-refractivity contribution < 1.29 is 9.47 Å². The maximum absolute atomic E-state index is 12.4. The van der Waals surface area contributed by atoms with Gasteiger partial charge in [-0.25, -0.2) is 0 Å². The van der Waals surface area contributed by atoms with E-state index in [0.717, 1.165) is 49.2 Å². The highest BCUT2D eigenvalue weighted by Gasteiger charge is 2.52. The van der Waals surface area contributed by atoms with Crippen LogP contribution in [0.3, 0.4) is 0 Å². The Balaban J connectivity index is 1.43. The van der Waals surface area contributed by atoms with E-state index < -0.39 is 0 Å². The fourth-order valence-corrected chi connectivity index (χ4v) is 4.88. The highest BCUT2D eigenvalue weighted by Crippen LogP contribution is 2.51. The minimum Gasteiger partial charge on any atom is -0.496 e. The number of nitrogens with zero attached hydrogens (tertiary/aromatic N) is 2. The number of piperidine rings is 1. The van der Waals surface area contributed by atoms with Crippen LogP contribution in [0.4, 0.5) is 11.5 Å². The van der Waals surface area contributed by atoms with Gasteiger partial charge in [0.25, 0.3) is 5.56 Å². The number of morpholine rings is 1. The lowest BCUT2D eigenvalue weighted by Gasteiger charge is -2.32. The topological polar surface area (TPSA) is 57.8 Å². The van der Waals surface area contributed by atoms with Gasteiger partial charge in [-0.05, 0) is 36.3 Å². The third kappa shape index (κ3) is 3.26. The van der Waals surface area contributed by atoms with E-state index >= 15 is 0 Å². The first kappa shape index (κ1) is 17.6. The van der Waals surface area contributed by atoms with Crippen LogP contribution in [0.2, 0.25) is 0 Å². The first-order valence-electron chi connectivity index (χ1n) is 10.2. The van der Waals surface area contributed by atoms with Gasteiger partial charge in [0, 0.05) is 43.5 Å². The van der Waals surface area contributed by atoms with Crippen molar-refractivity contribution in [2.45, 2.75) is 18.9 Å². The van der Waals surface area contributed by atoms with Crippen LogP contribution in [0.25, 0.3) is 0 Å². The molecular weight excluding hydrogens is 354 g/mol. The maximum Gasteiger partial charge on any atom is 0.251 e. The fraction of sp³-hybridized carbons (Fsp3) is 0.500. The largest absolute Gasteiger partial charge is 0.496 e. The van der Waals surface area contributed by atoms with E-state index in [4.69, 9.17) is 9.47 Å². The van der Waals surface area contributed by atoms with Gasteiger partial charge in [-0.1, -0.05) is 18.2 Å². The summed E-state index contributed by atoms with van der Waals surface area (Å²) in [5, 5.41) is 0. The molecule has 0 radical (unpaired) electrons. The molecule has 0 bridgehead atoms. The molecule has 2 aliphatic heterocycles. The number of methoxy groups -OCH3 is 1. The van der Waals surface area contributed by atoms with E-state index in [0.29, 0.717) is 25.2 Å². The number of benzene rings is 1. The summed E-state index contributed by atoms with van der Waals surface area (Å²) in [6, 6.07) is 12.5. The number of pyridine rings is 1. The molecular formula is C22H27N3O3. The van der Waals surface area contributed by atoms with Crippen LogP contribution in [0.5, 0.6) is 5.75 Å². The molecule has 6 nitrogen and oxygen atoms in total. The molecule has 6 heteroatoms. The van der Waals surface area contributed by atoms with Gasteiger partial charge in [0.2, 0.25) is 0 Å². The zero-order chi connectivity index (χ0) is 19.1. The van der Waals surface area contributed by atoms with Crippen LogP contribution < -0.4 is 20.1 Å². The molecule has 1 saturated carbocycles. The van der Waals surface area contributed by atoms with Gasteiger partial charge < -0.3 is 24.3 Å². The molecule has 3 aliphatic rings. The minimum atomic E-state index is -0.0318. The summed E-state index contributed by atoms with van der Waals surface area (Å²) < 4.78 is 11.0. The predicted octanol–water partition coefficient (Wildman–Crippen LogP) is 2.29. The Bertz CT molecular complexity index is 906. The predicted molar refractivity (Wildman–Crippen MR) is 110 cm³/mol. The Morgan fingerprint density at radius 2 is 2.04 bits per heavy atom. The molecule has 2 saturated heterocycles. The third-order valence-corrected chi connectivity index (χ3v) is 6.43. The van der Waals surface area contributed by atoms with E-state index in [1.807, 2.05) is 12.1 Å². The fourth-order valence-electron chi connectivity index (χ4n) is 4.88. The molecule has 0 amide bonds. The van der Waals surface area contributed by atoms with E-state index in [1.54, 1.807) is 13.2 Å². The summed E-state index contributed by atoms with van der Waals surface area (Å²) >= 11 is 0. The van der Waals surface area contributed by atoms with Crippen LogP contribution in [-0.4, -0.2) is 51.0 Å². The van der Waals surface area contributed by atoms with Gasteiger partial charge in [-0.3, -0.25) is 4.79 Å². The molecule has 3 atom stereocenters. The molecule has 3 fully saturated rings. The van der Waals surface area contributed by atoms with E-state index in [2.05, 4.69) is 33.0 Å². The highest BCUT2D eigenvalue weighted by atomic mass is 16.5. The van der Waals surface area contributed by atoms with Crippen molar-refractivity contribution >= 4 is 11.5 Å². The number of hydrogen-bond donors (Lipinski definition) is 1. The van der Waals surface area contributed by atoms with Gasteiger partial charge in [0.15, 0.2) is 0 Å². The number of hydrogen-bond acceptors (Lipinski definition) is 5. The van der Waals surface area contributed by atoms with Gasteiger partial charge in [-0.2, -0.15) is 0 Å². The molecule has 1 aliphatic carbocycles. The highest BCUT2D eigenvalue weighted by molar-refractivity contribution is 5.57. The zero-order valence-electron chi connectivity index (χ0n) is 16.3. The van der Waals surface area contributed by atoms with Crippen molar-refractivity contribution in [1.82, 2.24) is 4.98 Å². The maximum atomic E-state index is 12.4. The molecule has 5 rings (SSSR count). The van der Waals surface area contributed by atoms with Crippen molar-refractivity contribution in [1.29, 1.82) is 0 Å². The van der Waals surface area contributed by atoms with E-state index in [-0.39, 0.29) is 5.56 Å². The second-order valence-corrected chi connectivity index (χ2v) is 8.08. The Kier molecular flexibility index (Phi) is 4.51. The second-order valence-electron chi connectivity index (χ2n) is 8.08. The summed E-state index contributed by atoms with van der Waals surface area (Å²) in [5.74, 6) is 3.35. The molecule has 1 N–H and O–H groups in total. The number of ether oxygens (including phenoxy) is 2. The molecule has 28 heavy (non-hydrogen) atoms. The summed E-state index contributed by atoms with van der Waals surface area (Å²) in [5.41, 5.74) is 2.20. The molecule has 0 unspecified atom stereocenters. The number of fused-ring (bicyclic) bond motifs is 1. The van der Waals surface area contributed by atoms with Crippen LogP contribution in [0.1, 0.15) is 12.0 Å². The molecule has 0 spiro atoms. The Labute approximate surface area is 165 Å². The zero-order valence-corrected chi connectivity index (χ0v) is 16.3. The number of H-pyrrole nitrogens is 1. The monoisotopic (exact) mass is 381 g/mol. The average Bonchev–Trinajstić information content (AvgIpc) is 3.42. The van der Waals surface area contributed by atoms with Crippen LogP contribution in [-0.2, 0) is 11.2 Å². The number of para-hydroxylation sites is 1. The number of rotatable bonds is 5. The summed E-state index contributed by atoms with van der Waals surface area (Å²) in [4.78, 5) is 20.2. The van der Waals surface area contributed by atoms with Crippen molar-refractivity contribution in [3.05, 3.63) is 52.3 Å². The molecule has 148 valence electrons. The van der Waals surface area contributed by atoms with Crippen molar-refractivity contribution in [2.24, 2.45) is 11.8 Å². The van der Waals surface area contributed by atoms with E-state index in [1.165, 1.54) is 12.0 Å². The van der Waals surface area contributed by atoms with Gasteiger partial charge in [0.05, 0.1) is 20.3 Å². The van der Waals surface area contributed by atoms with Crippen molar-refractivity contribution in [3.8, 4) is 5.75 Å². The number of aromatic nitrogens is 1. The number of aromatic amines is 1. The minimum absolute atomic E-state index is 0.0318. The normalized spacial score (nSPS) is 26.2. The van der Waals surface area contributed by atoms with Crippen LogP contribution in [0.15, 0.2) is 41.2 Å². The standard InChI is InChI=1S/C22H27N3O3/c1-27-20-5-3-2-4-15(20)11-19-18-10-16(18)14-25(19)21-12-17(13-22(26)23-21)24-6-8-28-9-7-24/h2-5,12-13,16,18-19H,6-11,14H2,1H3,(H,23,26)/t16-,18-,19+/m0/s1. The number of anilines is 2. The van der Waals surface area contributed by atoms with E-state index in [9.17, 15) is 4.79 Å². The molecule has 1 aromatic heterocycles. The summed E-state index contributed by atoms with van der Waals surface area (Å²) in [7, 11) is 1.73. The van der Waals surface area contributed by atoms with Gasteiger partial charge in [0.1, 0.15) is 11.6 Å². The smallest absolute Gasteiger partial charge is 0.251 e. The number of nitrogens with one attached hydrogen (secondary N) is 1. The Morgan fingerprint density at radius 1 is 1.21 bits per heavy atom. The molecule has 2 aromatic rings. The Morgan fingerprint density at radius 3 is 2.86 bits per heavy atom. The van der Waals surface area contributed by atoms with Gasteiger partial charge >= 0.3 is 0 Å². The third-order valence-electron chi connectivity index (χ3n) is 6.43. The Hall–Kier alpha value is -2.47. The average molecular weight is 381 g/mol. The van der Waals surface area contributed by atoms with Gasteiger partial charge in [-0.15, -0.1) is 0 Å². The first-order valence-corrected chi connectivity index (χ1v) is 10.2. The van der Waals surface area contributed by atoms with Crippen LogP contribution in [0, 0.1) is 11.8 Å². The summed E-state index contributed by atoms with van der Waals surface area (Å²) in [6.07, 6.45) is 2.23. The summed E-state index contributed by atoms with van der Waals surface area (Å²) in [6.45, 7) is 4.11. The van der Waals surface area contributed by atoms with Crippen molar-refractivity contribution in [3.63, 3.8) is 0 Å².